The molecule has 0 saturated carbocycles. The highest BCUT2D eigenvalue weighted by molar-refractivity contribution is 6.11. The fourth-order valence-corrected chi connectivity index (χ4v) is 3.87. The van der Waals surface area contributed by atoms with Crippen LogP contribution in [0.4, 0.5) is 0 Å². The van der Waals surface area contributed by atoms with E-state index in [0.29, 0.717) is 18.2 Å². The average molecular weight is 587 g/mol. The predicted octanol–water partition coefficient (Wildman–Crippen LogP) is 10.4. The van der Waals surface area contributed by atoms with Gasteiger partial charge in [0.25, 0.3) is 0 Å². The Morgan fingerprint density at radius 2 is 1.70 bits per heavy atom. The highest BCUT2D eigenvalue weighted by atomic mass is 16.5. The lowest BCUT2D eigenvalue weighted by Crippen LogP contribution is -2.07. The molecule has 0 aromatic heterocycles. The summed E-state index contributed by atoms with van der Waals surface area (Å²) in [5.41, 5.74) is 6.13. The van der Waals surface area contributed by atoms with E-state index in [1.54, 1.807) is 6.08 Å². The van der Waals surface area contributed by atoms with Crippen molar-refractivity contribution >= 4 is 5.71 Å². The van der Waals surface area contributed by atoms with Gasteiger partial charge in [0.15, 0.2) is 0 Å². The summed E-state index contributed by atoms with van der Waals surface area (Å²) in [6, 6.07) is 15.5. The van der Waals surface area contributed by atoms with Gasteiger partial charge in [-0.25, -0.2) is 0 Å². The van der Waals surface area contributed by atoms with Gasteiger partial charge < -0.3 is 14.8 Å². The lowest BCUT2D eigenvalue weighted by molar-refractivity contribution is 0.206. The summed E-state index contributed by atoms with van der Waals surface area (Å²) in [5.74, 6) is 2.41. The third-order valence-electron chi connectivity index (χ3n) is 6.65. The van der Waals surface area contributed by atoms with Crippen molar-refractivity contribution < 1.29 is 9.47 Å². The first-order valence-corrected chi connectivity index (χ1v) is 15.6. The molecular weight excluding hydrogens is 528 g/mol. The Morgan fingerprint density at radius 3 is 2.23 bits per heavy atom. The molecule has 0 aliphatic heterocycles. The largest absolute Gasteiger partial charge is 0.499 e. The van der Waals surface area contributed by atoms with Crippen molar-refractivity contribution in [1.29, 1.82) is 5.41 Å². The predicted molar refractivity (Wildman–Crippen MR) is 190 cm³/mol. The van der Waals surface area contributed by atoms with Crippen molar-refractivity contribution in [1.82, 2.24) is 5.32 Å². The standard InChI is InChI=1S/C17H17NO.C10H21NO.C10H14.C2H6/c1-3-12-19-15-10-8-14(9-11-15)17(18)16-7-5-4-6-13(16)2;1-4-10(2)12-9-7-5-6-8-11-3;1-8(2)10-6-4-9(3)5-7-10;1-2/h3-11,18H,1,12H2,2H3;4,11H,5-9H2,1-3H3;4-6,10H,1,7H2,2-3H3;1-2H3/b;10-4+;;. The van der Waals surface area contributed by atoms with E-state index in [1.165, 1.54) is 24.0 Å². The van der Waals surface area contributed by atoms with Crippen LogP contribution in [0.3, 0.4) is 0 Å². The molecule has 0 spiro atoms. The third kappa shape index (κ3) is 17.8. The Morgan fingerprint density at radius 1 is 1.02 bits per heavy atom. The molecular formula is C39H58N2O2. The number of aryl methyl sites for hydroxylation is 1. The maximum absolute atomic E-state index is 8.26. The number of rotatable bonds is 13. The molecule has 2 N–H and O–H groups in total. The first kappa shape index (κ1) is 39.4. The average Bonchev–Trinajstić information content (AvgIpc) is 3.03. The lowest BCUT2D eigenvalue weighted by Gasteiger charge is -2.13. The monoisotopic (exact) mass is 586 g/mol. The topological polar surface area (TPSA) is 54.3 Å². The molecule has 3 rings (SSSR count). The van der Waals surface area contributed by atoms with Gasteiger partial charge in [0.1, 0.15) is 12.4 Å². The van der Waals surface area contributed by atoms with E-state index in [0.717, 1.165) is 54.2 Å². The summed E-state index contributed by atoms with van der Waals surface area (Å²) in [7, 11) is 1.99. The second-order valence-corrected chi connectivity index (χ2v) is 10.2. The van der Waals surface area contributed by atoms with Gasteiger partial charge in [-0.15, -0.1) is 0 Å². The van der Waals surface area contributed by atoms with Crippen molar-refractivity contribution in [3.63, 3.8) is 0 Å². The molecule has 1 aliphatic rings. The first-order chi connectivity index (χ1) is 20.7. The Hall–Kier alpha value is -3.63. The maximum atomic E-state index is 8.26. The van der Waals surface area contributed by atoms with Crippen LogP contribution in [-0.2, 0) is 4.74 Å². The van der Waals surface area contributed by atoms with Crippen LogP contribution in [0.25, 0.3) is 0 Å². The fourth-order valence-electron chi connectivity index (χ4n) is 3.87. The van der Waals surface area contributed by atoms with Crippen LogP contribution in [0.2, 0.25) is 0 Å². The summed E-state index contributed by atoms with van der Waals surface area (Å²) in [6.45, 7) is 24.2. The molecule has 236 valence electrons. The van der Waals surface area contributed by atoms with Crippen molar-refractivity contribution in [3.05, 3.63) is 126 Å². The van der Waals surface area contributed by atoms with Crippen molar-refractivity contribution in [2.24, 2.45) is 5.92 Å². The second-order valence-electron chi connectivity index (χ2n) is 10.2. The van der Waals surface area contributed by atoms with Crippen LogP contribution < -0.4 is 10.1 Å². The number of allylic oxidation sites excluding steroid dienone is 7. The molecule has 0 fully saturated rings. The molecule has 0 heterocycles. The van der Waals surface area contributed by atoms with Gasteiger partial charge in [-0.1, -0.05) is 92.8 Å². The summed E-state index contributed by atoms with van der Waals surface area (Å²) < 4.78 is 10.8. The quantitative estimate of drug-likeness (QED) is 0.106. The maximum Gasteiger partial charge on any atom is 0.119 e. The molecule has 1 unspecified atom stereocenters. The van der Waals surface area contributed by atoms with E-state index >= 15 is 0 Å². The molecule has 4 nitrogen and oxygen atoms in total. The van der Waals surface area contributed by atoms with Crippen LogP contribution in [0.5, 0.6) is 5.75 Å². The van der Waals surface area contributed by atoms with Crippen LogP contribution in [-0.4, -0.2) is 32.5 Å². The molecule has 0 amide bonds. The van der Waals surface area contributed by atoms with E-state index in [2.05, 4.69) is 50.6 Å². The van der Waals surface area contributed by atoms with Gasteiger partial charge in [-0.3, -0.25) is 5.41 Å². The molecule has 1 atom stereocenters. The van der Waals surface area contributed by atoms with Gasteiger partial charge in [-0.05, 0) is 104 Å². The molecule has 1 aliphatic carbocycles. The van der Waals surface area contributed by atoms with E-state index in [4.69, 9.17) is 14.9 Å². The summed E-state index contributed by atoms with van der Waals surface area (Å²) in [5, 5.41) is 11.4. The normalized spacial score (nSPS) is 13.4. The number of nitrogens with one attached hydrogen (secondary N) is 2. The van der Waals surface area contributed by atoms with Gasteiger partial charge in [0, 0.05) is 17.0 Å². The summed E-state index contributed by atoms with van der Waals surface area (Å²) in [4.78, 5) is 0. The van der Waals surface area contributed by atoms with E-state index in [1.807, 2.05) is 96.3 Å². The molecule has 2 aromatic carbocycles. The van der Waals surface area contributed by atoms with E-state index in [9.17, 15) is 0 Å². The number of benzene rings is 2. The van der Waals surface area contributed by atoms with Crippen LogP contribution in [0.15, 0.2) is 109 Å². The third-order valence-corrected chi connectivity index (χ3v) is 6.65. The SMILES string of the molecule is C/C=C(\C)OCCCCCNC.C=C(C)C1C=CC(C)=CC1.C=CCOc1ccc(C(=N)c2ccccc2C)cc1.CC. The molecule has 0 saturated heterocycles. The fraction of sp³-hybridized carbons (Fsp3) is 0.410. The molecule has 0 bridgehead atoms. The van der Waals surface area contributed by atoms with Gasteiger partial charge in [0.05, 0.1) is 18.1 Å². The first-order valence-electron chi connectivity index (χ1n) is 15.6. The van der Waals surface area contributed by atoms with Gasteiger partial charge in [0.2, 0.25) is 0 Å². The number of ether oxygens (including phenoxy) is 2. The number of hydrogen-bond donors (Lipinski definition) is 2. The minimum atomic E-state index is 0.495. The van der Waals surface area contributed by atoms with Crippen LogP contribution in [0, 0.1) is 18.3 Å². The van der Waals surface area contributed by atoms with Gasteiger partial charge >= 0.3 is 0 Å². The zero-order valence-corrected chi connectivity index (χ0v) is 28.3. The second kappa shape index (κ2) is 24.9. The van der Waals surface area contributed by atoms with Crippen LogP contribution in [0.1, 0.15) is 83.9 Å². The Bertz CT molecular complexity index is 1160. The van der Waals surface area contributed by atoms with E-state index < -0.39 is 0 Å². The molecule has 4 heteroatoms. The highest BCUT2D eigenvalue weighted by Gasteiger charge is 2.07. The number of hydrogen-bond acceptors (Lipinski definition) is 4. The molecule has 43 heavy (non-hydrogen) atoms. The lowest BCUT2D eigenvalue weighted by atomic mass is 9.92. The minimum Gasteiger partial charge on any atom is -0.499 e. The zero-order valence-electron chi connectivity index (χ0n) is 28.3. The van der Waals surface area contributed by atoms with Crippen molar-refractivity contribution in [2.45, 2.75) is 74.1 Å². The summed E-state index contributed by atoms with van der Waals surface area (Å²) in [6.07, 6.45) is 15.2. The Balaban J connectivity index is 0.000000637. The molecule has 0 radical (unpaired) electrons. The van der Waals surface area contributed by atoms with Crippen LogP contribution >= 0.6 is 0 Å². The minimum absolute atomic E-state index is 0.495. The highest BCUT2D eigenvalue weighted by Crippen LogP contribution is 2.21. The Kier molecular flexibility index (Phi) is 22.8. The molecule has 2 aromatic rings. The van der Waals surface area contributed by atoms with E-state index in [-0.39, 0.29) is 0 Å². The summed E-state index contributed by atoms with van der Waals surface area (Å²) >= 11 is 0. The van der Waals surface area contributed by atoms with Gasteiger partial charge in [-0.2, -0.15) is 0 Å². The smallest absolute Gasteiger partial charge is 0.119 e. The van der Waals surface area contributed by atoms with Crippen molar-refractivity contribution in [2.75, 3.05) is 26.8 Å². The zero-order chi connectivity index (χ0) is 32.5. The Labute approximate surface area is 263 Å². The van der Waals surface area contributed by atoms with Crippen molar-refractivity contribution in [3.8, 4) is 5.75 Å². The number of unbranched alkanes of at least 4 members (excludes halogenated alkanes) is 2.